The molecule has 0 saturated heterocycles. The fraction of sp³-hybridized carbons (Fsp3) is 0. The van der Waals surface area contributed by atoms with Crippen LogP contribution in [0.2, 0.25) is 0 Å². The van der Waals surface area contributed by atoms with Crippen LogP contribution in [0.1, 0.15) is 11.1 Å². The van der Waals surface area contributed by atoms with Gasteiger partial charge in [0, 0.05) is 17.0 Å². The number of hydrogen-bond donors (Lipinski definition) is 1. The first-order chi connectivity index (χ1) is 9.60. The van der Waals surface area contributed by atoms with Crippen molar-refractivity contribution in [2.45, 2.75) is 4.90 Å². The van der Waals surface area contributed by atoms with E-state index in [9.17, 15) is 15.4 Å². The molecule has 2 aromatic rings. The highest BCUT2D eigenvalue weighted by atomic mass is 32.1. The van der Waals surface area contributed by atoms with Gasteiger partial charge in [-0.1, -0.05) is 12.1 Å². The van der Waals surface area contributed by atoms with Crippen LogP contribution in [0.3, 0.4) is 0 Å². The van der Waals surface area contributed by atoms with Crippen LogP contribution in [0, 0.1) is 21.4 Å². The van der Waals surface area contributed by atoms with Crippen LogP contribution in [0.4, 0.5) is 5.69 Å². The molecule has 0 unspecified atom stereocenters. The van der Waals surface area contributed by atoms with Gasteiger partial charge in [0.2, 0.25) is 0 Å². The van der Waals surface area contributed by atoms with Crippen molar-refractivity contribution >= 4 is 30.0 Å². The zero-order valence-electron chi connectivity index (χ0n) is 10.4. The van der Waals surface area contributed by atoms with Crippen molar-refractivity contribution in [2.75, 3.05) is 0 Å². The highest BCUT2D eigenvalue weighted by Crippen LogP contribution is 2.20. The fourth-order valence-corrected chi connectivity index (χ4v) is 1.83. The first-order valence-corrected chi connectivity index (χ1v) is 6.20. The van der Waals surface area contributed by atoms with Gasteiger partial charge in [-0.15, -0.1) is 12.6 Å². The second-order valence-corrected chi connectivity index (χ2v) is 4.58. The smallest absolute Gasteiger partial charge is 0.258 e. The van der Waals surface area contributed by atoms with Crippen molar-refractivity contribution in [1.29, 1.82) is 5.26 Å². The van der Waals surface area contributed by atoms with Crippen molar-refractivity contribution in [3.8, 4) is 6.07 Å². The molecule has 98 valence electrons. The number of non-ortho nitro benzene ring substituents is 1. The number of hydrogen-bond acceptors (Lipinski definition) is 4. The molecule has 0 amide bonds. The van der Waals surface area contributed by atoms with E-state index < -0.39 is 4.92 Å². The maximum absolute atomic E-state index is 10.6. The second-order valence-electron chi connectivity index (χ2n) is 4.07. The zero-order chi connectivity index (χ0) is 14.5. The third-order valence-electron chi connectivity index (χ3n) is 2.71. The summed E-state index contributed by atoms with van der Waals surface area (Å²) >= 11 is 4.19. The number of allylic oxidation sites excluding steroid dienone is 1. The third kappa shape index (κ3) is 3.25. The lowest BCUT2D eigenvalue weighted by molar-refractivity contribution is -0.384. The minimum Gasteiger partial charge on any atom is -0.258 e. The van der Waals surface area contributed by atoms with E-state index in [-0.39, 0.29) is 5.69 Å². The quantitative estimate of drug-likeness (QED) is 0.305. The van der Waals surface area contributed by atoms with E-state index in [4.69, 9.17) is 0 Å². The Bertz CT molecular complexity index is 698. The van der Waals surface area contributed by atoms with Crippen LogP contribution in [-0.4, -0.2) is 4.92 Å². The Morgan fingerprint density at radius 1 is 1.15 bits per heavy atom. The molecule has 0 aliphatic rings. The molecule has 0 aliphatic heterocycles. The van der Waals surface area contributed by atoms with Gasteiger partial charge < -0.3 is 0 Å². The molecule has 20 heavy (non-hydrogen) atoms. The maximum Gasteiger partial charge on any atom is 0.269 e. The lowest BCUT2D eigenvalue weighted by Crippen LogP contribution is -1.87. The van der Waals surface area contributed by atoms with Gasteiger partial charge in [0.1, 0.15) is 0 Å². The summed E-state index contributed by atoms with van der Waals surface area (Å²) in [5.41, 5.74) is 2.04. The monoisotopic (exact) mass is 282 g/mol. The molecule has 0 heterocycles. The molecule has 2 aromatic carbocycles. The van der Waals surface area contributed by atoms with Crippen molar-refractivity contribution in [3.63, 3.8) is 0 Å². The topological polar surface area (TPSA) is 66.9 Å². The highest BCUT2D eigenvalue weighted by molar-refractivity contribution is 7.80. The first kappa shape index (κ1) is 13.8. The minimum absolute atomic E-state index is 0.0279. The Hall–Kier alpha value is -2.58. The molecule has 0 bridgehead atoms. The number of nitrogens with zero attached hydrogens (tertiary/aromatic N) is 2. The SMILES string of the molecule is N#CC(=Cc1ccc([N+](=O)[O-])cc1)c1ccc(S)cc1. The van der Waals surface area contributed by atoms with Crippen LogP contribution in [0.25, 0.3) is 11.6 Å². The van der Waals surface area contributed by atoms with E-state index in [2.05, 4.69) is 18.7 Å². The molecule has 0 N–H and O–H groups in total. The van der Waals surface area contributed by atoms with Crippen molar-refractivity contribution in [3.05, 3.63) is 69.8 Å². The van der Waals surface area contributed by atoms with Crippen molar-refractivity contribution < 1.29 is 4.92 Å². The molecular formula is C15H10N2O2S. The van der Waals surface area contributed by atoms with E-state index in [0.29, 0.717) is 5.57 Å². The molecule has 0 fully saturated rings. The summed E-state index contributed by atoms with van der Waals surface area (Å²) in [5.74, 6) is 0. The number of nitro benzene ring substituents is 1. The molecule has 0 radical (unpaired) electrons. The van der Waals surface area contributed by atoms with Gasteiger partial charge in [-0.25, -0.2) is 0 Å². The van der Waals surface area contributed by atoms with Crippen LogP contribution in [-0.2, 0) is 0 Å². The van der Waals surface area contributed by atoms with Crippen LogP contribution >= 0.6 is 12.6 Å². The Morgan fingerprint density at radius 3 is 2.25 bits per heavy atom. The molecule has 0 atom stereocenters. The van der Waals surface area contributed by atoms with Gasteiger partial charge in [-0.05, 0) is 41.5 Å². The molecule has 5 heteroatoms. The minimum atomic E-state index is -0.454. The Labute approximate surface area is 121 Å². The number of rotatable bonds is 3. The standard InChI is InChI=1S/C15H10N2O2S/c16-10-13(12-3-7-15(20)8-4-12)9-11-1-5-14(6-2-11)17(18)19/h1-9,20H. The predicted octanol–water partition coefficient (Wildman–Crippen LogP) is 3.95. The number of thiol groups is 1. The summed E-state index contributed by atoms with van der Waals surface area (Å²) in [4.78, 5) is 10.9. The third-order valence-corrected chi connectivity index (χ3v) is 3.01. The molecule has 4 nitrogen and oxygen atoms in total. The Morgan fingerprint density at radius 2 is 1.75 bits per heavy atom. The van der Waals surface area contributed by atoms with Crippen LogP contribution < -0.4 is 0 Å². The van der Waals surface area contributed by atoms with Gasteiger partial charge in [-0.2, -0.15) is 5.26 Å². The highest BCUT2D eigenvalue weighted by Gasteiger charge is 2.04. The van der Waals surface area contributed by atoms with Gasteiger partial charge in [0.15, 0.2) is 0 Å². The summed E-state index contributed by atoms with van der Waals surface area (Å²) in [6.07, 6.45) is 1.69. The van der Waals surface area contributed by atoms with Crippen molar-refractivity contribution in [2.24, 2.45) is 0 Å². The van der Waals surface area contributed by atoms with Gasteiger partial charge in [-0.3, -0.25) is 10.1 Å². The molecule has 2 rings (SSSR count). The number of nitriles is 1. The second kappa shape index (κ2) is 6.04. The van der Waals surface area contributed by atoms with Crippen molar-refractivity contribution in [1.82, 2.24) is 0 Å². The summed E-state index contributed by atoms with van der Waals surface area (Å²) in [6.45, 7) is 0. The first-order valence-electron chi connectivity index (χ1n) is 5.76. The number of benzene rings is 2. The van der Waals surface area contributed by atoms with E-state index in [1.807, 2.05) is 12.1 Å². The average Bonchev–Trinajstić information content (AvgIpc) is 2.46. The fourth-order valence-electron chi connectivity index (χ4n) is 1.68. The molecule has 0 aromatic heterocycles. The zero-order valence-corrected chi connectivity index (χ0v) is 11.2. The van der Waals surface area contributed by atoms with E-state index in [1.165, 1.54) is 12.1 Å². The lowest BCUT2D eigenvalue weighted by atomic mass is 10.0. The average molecular weight is 282 g/mol. The van der Waals surface area contributed by atoms with E-state index in [1.54, 1.807) is 30.3 Å². The summed E-state index contributed by atoms with van der Waals surface area (Å²) in [6, 6.07) is 15.4. The molecule has 0 aliphatic carbocycles. The summed E-state index contributed by atoms with van der Waals surface area (Å²) in [7, 11) is 0. The van der Waals surface area contributed by atoms with Crippen LogP contribution in [0.5, 0.6) is 0 Å². The lowest BCUT2D eigenvalue weighted by Gasteiger charge is -2.00. The summed E-state index contributed by atoms with van der Waals surface area (Å²) in [5, 5.41) is 19.8. The van der Waals surface area contributed by atoms with Gasteiger partial charge in [0.25, 0.3) is 5.69 Å². The van der Waals surface area contributed by atoms with Gasteiger partial charge in [0.05, 0.1) is 16.6 Å². The summed E-state index contributed by atoms with van der Waals surface area (Å²) < 4.78 is 0. The van der Waals surface area contributed by atoms with Gasteiger partial charge >= 0.3 is 0 Å². The number of nitro groups is 1. The molecule has 0 saturated carbocycles. The Balaban J connectivity index is 2.34. The van der Waals surface area contributed by atoms with E-state index in [0.717, 1.165) is 16.0 Å². The van der Waals surface area contributed by atoms with E-state index >= 15 is 0 Å². The largest absolute Gasteiger partial charge is 0.269 e. The normalized spacial score (nSPS) is 10.9. The molecular weight excluding hydrogens is 272 g/mol. The Kier molecular flexibility index (Phi) is 4.18. The molecule has 0 spiro atoms. The maximum atomic E-state index is 10.6. The van der Waals surface area contributed by atoms with Crippen LogP contribution in [0.15, 0.2) is 53.4 Å². The predicted molar refractivity (Wildman–Crippen MR) is 80.3 cm³/mol.